The maximum atomic E-state index is 13.9. The monoisotopic (exact) mass is 282 g/mol. The Morgan fingerprint density at radius 2 is 2.21 bits per heavy atom. The van der Waals surface area contributed by atoms with E-state index in [0.29, 0.717) is 23.7 Å². The van der Waals surface area contributed by atoms with Crippen molar-refractivity contribution in [1.29, 1.82) is 0 Å². The van der Waals surface area contributed by atoms with E-state index in [0.717, 1.165) is 5.76 Å². The molecular formula is C14H16ClFN2O. The summed E-state index contributed by atoms with van der Waals surface area (Å²) in [6, 6.07) is 7.96. The van der Waals surface area contributed by atoms with Crippen molar-refractivity contribution in [1.82, 2.24) is 4.90 Å². The highest BCUT2D eigenvalue weighted by atomic mass is 35.5. The molecule has 0 aliphatic heterocycles. The van der Waals surface area contributed by atoms with Crippen LogP contribution < -0.4 is 5.73 Å². The molecule has 1 unspecified atom stereocenters. The summed E-state index contributed by atoms with van der Waals surface area (Å²) in [6.45, 7) is 0.856. The van der Waals surface area contributed by atoms with E-state index in [1.807, 2.05) is 24.1 Å². The first-order chi connectivity index (χ1) is 9.11. The minimum atomic E-state index is -0.300. The molecule has 0 spiro atoms. The van der Waals surface area contributed by atoms with E-state index < -0.39 is 0 Å². The maximum absolute atomic E-state index is 13.9. The van der Waals surface area contributed by atoms with Gasteiger partial charge in [-0.3, -0.25) is 4.90 Å². The molecule has 102 valence electrons. The molecular weight excluding hydrogens is 267 g/mol. The van der Waals surface area contributed by atoms with Crippen molar-refractivity contribution < 1.29 is 8.81 Å². The van der Waals surface area contributed by atoms with Gasteiger partial charge in [0.25, 0.3) is 0 Å². The minimum absolute atomic E-state index is 0.246. The average molecular weight is 283 g/mol. The molecule has 2 rings (SSSR count). The second-order valence-electron chi connectivity index (χ2n) is 4.41. The van der Waals surface area contributed by atoms with Gasteiger partial charge in [0.1, 0.15) is 11.6 Å². The normalized spacial score (nSPS) is 12.9. The molecule has 1 aromatic heterocycles. The molecule has 0 amide bonds. The number of benzene rings is 1. The Morgan fingerprint density at radius 3 is 2.84 bits per heavy atom. The molecule has 0 saturated heterocycles. The van der Waals surface area contributed by atoms with Crippen LogP contribution in [0.5, 0.6) is 0 Å². The topological polar surface area (TPSA) is 42.4 Å². The molecule has 0 aliphatic carbocycles. The Balaban J connectivity index is 2.21. The summed E-state index contributed by atoms with van der Waals surface area (Å²) < 4.78 is 19.2. The van der Waals surface area contributed by atoms with Gasteiger partial charge in [-0.25, -0.2) is 4.39 Å². The van der Waals surface area contributed by atoms with Crippen LogP contribution in [0.15, 0.2) is 41.0 Å². The van der Waals surface area contributed by atoms with Gasteiger partial charge >= 0.3 is 0 Å². The van der Waals surface area contributed by atoms with Gasteiger partial charge in [0, 0.05) is 17.1 Å². The number of nitrogens with two attached hydrogens (primary N) is 1. The molecule has 19 heavy (non-hydrogen) atoms. The predicted molar refractivity (Wildman–Crippen MR) is 73.4 cm³/mol. The highest BCUT2D eigenvalue weighted by Gasteiger charge is 2.20. The van der Waals surface area contributed by atoms with Gasteiger partial charge in [-0.2, -0.15) is 0 Å². The van der Waals surface area contributed by atoms with Crippen molar-refractivity contribution in [3.05, 3.63) is 58.8 Å². The number of hydrogen-bond acceptors (Lipinski definition) is 3. The molecule has 0 fully saturated rings. The Kier molecular flexibility index (Phi) is 4.58. The highest BCUT2D eigenvalue weighted by Crippen LogP contribution is 2.25. The van der Waals surface area contributed by atoms with Crippen molar-refractivity contribution in [2.45, 2.75) is 12.6 Å². The molecule has 0 saturated carbocycles. The summed E-state index contributed by atoms with van der Waals surface area (Å²) in [5, 5.41) is 0.501. The lowest BCUT2D eigenvalue weighted by atomic mass is 10.0. The molecule has 1 atom stereocenters. The minimum Gasteiger partial charge on any atom is -0.468 e. The molecule has 1 aromatic carbocycles. The zero-order chi connectivity index (χ0) is 13.8. The van der Waals surface area contributed by atoms with E-state index in [2.05, 4.69) is 0 Å². The van der Waals surface area contributed by atoms with Gasteiger partial charge in [0.05, 0.1) is 18.8 Å². The Bertz CT molecular complexity index is 530. The lowest BCUT2D eigenvalue weighted by Crippen LogP contribution is -2.30. The van der Waals surface area contributed by atoms with Crippen LogP contribution in [0.2, 0.25) is 5.02 Å². The number of halogens is 2. The van der Waals surface area contributed by atoms with Crippen LogP contribution in [-0.2, 0) is 6.54 Å². The summed E-state index contributed by atoms with van der Waals surface area (Å²) in [7, 11) is 1.88. The van der Waals surface area contributed by atoms with Crippen LogP contribution >= 0.6 is 11.6 Å². The summed E-state index contributed by atoms with van der Waals surface area (Å²) >= 11 is 5.92. The van der Waals surface area contributed by atoms with Gasteiger partial charge in [-0.05, 0) is 37.4 Å². The fourth-order valence-electron chi connectivity index (χ4n) is 2.07. The standard InChI is InChI=1S/C14H16ClFN2O/c1-18(9-11-3-2-6-19-11)14(8-17)12-7-10(15)4-5-13(12)16/h2-7,14H,8-9,17H2,1H3. The predicted octanol–water partition coefficient (Wildman–Crippen LogP) is 3.20. The van der Waals surface area contributed by atoms with Crippen molar-refractivity contribution >= 4 is 11.6 Å². The zero-order valence-electron chi connectivity index (χ0n) is 10.6. The Hall–Kier alpha value is -1.36. The van der Waals surface area contributed by atoms with Crippen LogP contribution in [0.1, 0.15) is 17.4 Å². The van der Waals surface area contributed by atoms with E-state index in [9.17, 15) is 4.39 Å². The number of hydrogen-bond donors (Lipinski definition) is 1. The van der Waals surface area contributed by atoms with Gasteiger partial charge in [-0.1, -0.05) is 11.6 Å². The van der Waals surface area contributed by atoms with E-state index in [-0.39, 0.29) is 11.9 Å². The highest BCUT2D eigenvalue weighted by molar-refractivity contribution is 6.30. The van der Waals surface area contributed by atoms with Gasteiger partial charge in [-0.15, -0.1) is 0 Å². The van der Waals surface area contributed by atoms with E-state index in [4.69, 9.17) is 21.8 Å². The maximum Gasteiger partial charge on any atom is 0.128 e. The molecule has 0 aliphatic rings. The first-order valence-corrected chi connectivity index (χ1v) is 6.37. The summed E-state index contributed by atoms with van der Waals surface area (Å²) in [5.74, 6) is 0.509. The molecule has 1 heterocycles. The quantitative estimate of drug-likeness (QED) is 0.916. The molecule has 2 aromatic rings. The first kappa shape index (κ1) is 14.1. The lowest BCUT2D eigenvalue weighted by Gasteiger charge is -2.27. The van der Waals surface area contributed by atoms with Gasteiger partial charge in [0.15, 0.2) is 0 Å². The summed E-state index contributed by atoms with van der Waals surface area (Å²) in [4.78, 5) is 1.94. The van der Waals surface area contributed by atoms with Crippen LogP contribution in [0.3, 0.4) is 0 Å². The second kappa shape index (κ2) is 6.19. The SMILES string of the molecule is CN(Cc1ccco1)C(CN)c1cc(Cl)ccc1F. The second-order valence-corrected chi connectivity index (χ2v) is 4.85. The number of nitrogens with zero attached hydrogens (tertiary/aromatic N) is 1. The molecule has 3 nitrogen and oxygen atoms in total. The average Bonchev–Trinajstić information content (AvgIpc) is 2.87. The lowest BCUT2D eigenvalue weighted by molar-refractivity contribution is 0.218. The smallest absolute Gasteiger partial charge is 0.128 e. The van der Waals surface area contributed by atoms with Crippen LogP contribution in [0, 0.1) is 5.82 Å². The van der Waals surface area contributed by atoms with Crippen molar-refractivity contribution in [3.63, 3.8) is 0 Å². The first-order valence-electron chi connectivity index (χ1n) is 5.99. The van der Waals surface area contributed by atoms with Crippen LogP contribution in [0.4, 0.5) is 4.39 Å². The van der Waals surface area contributed by atoms with Crippen molar-refractivity contribution in [2.24, 2.45) is 5.73 Å². The fraction of sp³-hybridized carbons (Fsp3) is 0.286. The summed E-state index contributed by atoms with van der Waals surface area (Å²) in [5.41, 5.74) is 6.28. The molecule has 5 heteroatoms. The Labute approximate surface area is 116 Å². The fourth-order valence-corrected chi connectivity index (χ4v) is 2.25. The van der Waals surface area contributed by atoms with Crippen LogP contribution in [-0.4, -0.2) is 18.5 Å². The third kappa shape index (κ3) is 3.35. The molecule has 0 radical (unpaired) electrons. The third-order valence-electron chi connectivity index (χ3n) is 3.06. The molecule has 0 bridgehead atoms. The van der Waals surface area contributed by atoms with Gasteiger partial charge < -0.3 is 10.2 Å². The number of likely N-dealkylation sites (N-methyl/N-ethyl adjacent to an activating group) is 1. The number of rotatable bonds is 5. The van der Waals surface area contributed by atoms with Crippen molar-refractivity contribution in [2.75, 3.05) is 13.6 Å². The van der Waals surface area contributed by atoms with Crippen LogP contribution in [0.25, 0.3) is 0 Å². The number of furan rings is 1. The molecule has 2 N–H and O–H groups in total. The largest absolute Gasteiger partial charge is 0.468 e. The Morgan fingerprint density at radius 1 is 1.42 bits per heavy atom. The zero-order valence-corrected chi connectivity index (χ0v) is 11.4. The van der Waals surface area contributed by atoms with Gasteiger partial charge in [0.2, 0.25) is 0 Å². The van der Waals surface area contributed by atoms with E-state index >= 15 is 0 Å². The third-order valence-corrected chi connectivity index (χ3v) is 3.29. The van der Waals surface area contributed by atoms with E-state index in [1.165, 1.54) is 12.1 Å². The van der Waals surface area contributed by atoms with Crippen molar-refractivity contribution in [3.8, 4) is 0 Å². The summed E-state index contributed by atoms with van der Waals surface area (Å²) in [6.07, 6.45) is 1.61. The van der Waals surface area contributed by atoms with E-state index in [1.54, 1.807) is 12.3 Å².